The molecule has 4 aromatic carbocycles. The quantitative estimate of drug-likeness (QED) is 0.0740. The molecule has 0 saturated heterocycles. The van der Waals surface area contributed by atoms with Gasteiger partial charge in [0.2, 0.25) is 0 Å². The van der Waals surface area contributed by atoms with Crippen LogP contribution in [-0.2, 0) is 24.4 Å². The molecule has 0 aliphatic rings. The zero-order valence-corrected chi connectivity index (χ0v) is 30.2. The molecule has 0 bridgehead atoms. The normalized spacial score (nSPS) is 12.6. The SMILES string of the molecule is CCCN(CCC)C(=O)c1cc(C(=O)N[C@@H](Cc2cc(F)cc(F)c2)[C@H](O)CNCc2cccc(OC)c2)cc(C(C)=NOCc2ccccc2)c1. The fourth-order valence-corrected chi connectivity index (χ4v) is 5.77. The van der Waals surface area contributed by atoms with Crippen LogP contribution in [0.5, 0.6) is 5.75 Å². The van der Waals surface area contributed by atoms with Crippen LogP contribution >= 0.6 is 0 Å². The predicted molar refractivity (Wildman–Crippen MR) is 198 cm³/mol. The second kappa shape index (κ2) is 20.0. The van der Waals surface area contributed by atoms with Crippen LogP contribution in [0.1, 0.15) is 76.6 Å². The Balaban J connectivity index is 1.62. The fourth-order valence-electron chi connectivity index (χ4n) is 5.77. The Morgan fingerprint density at radius 3 is 2.15 bits per heavy atom. The standard InChI is InChI=1S/C41H48F2N4O5/c1-5-15-47(16-6-2)41(50)34-22-32(28(3)46-52-27-29-11-8-7-9-12-29)21-33(23-34)40(49)45-38(20-31-17-35(42)24-36(43)18-31)39(48)26-44-25-30-13-10-14-37(19-30)51-4/h7-14,17-19,21-24,38-39,44,48H,5-6,15-16,20,25-27H2,1-4H3,(H,45,49)/t38-,39+/m0/s1. The highest BCUT2D eigenvalue weighted by atomic mass is 19.1. The van der Waals surface area contributed by atoms with Crippen LogP contribution in [0.2, 0.25) is 0 Å². The maximum absolute atomic E-state index is 14.2. The average Bonchev–Trinajstić information content (AvgIpc) is 3.14. The summed E-state index contributed by atoms with van der Waals surface area (Å²) in [5.41, 5.74) is 3.50. The zero-order valence-electron chi connectivity index (χ0n) is 30.2. The number of aliphatic hydroxyl groups excluding tert-OH is 1. The van der Waals surface area contributed by atoms with Gasteiger partial charge in [-0.3, -0.25) is 9.59 Å². The molecule has 2 atom stereocenters. The van der Waals surface area contributed by atoms with Gasteiger partial charge in [-0.2, -0.15) is 0 Å². The lowest BCUT2D eigenvalue weighted by molar-refractivity contribution is 0.0755. The third kappa shape index (κ3) is 12.0. The molecule has 0 unspecified atom stereocenters. The molecule has 0 spiro atoms. The first-order chi connectivity index (χ1) is 25.1. The van der Waals surface area contributed by atoms with Crippen LogP contribution < -0.4 is 15.4 Å². The van der Waals surface area contributed by atoms with E-state index in [4.69, 9.17) is 9.57 Å². The van der Waals surface area contributed by atoms with Crippen LogP contribution in [0, 0.1) is 11.6 Å². The number of carbonyl (C=O) groups is 2. The van der Waals surface area contributed by atoms with Gasteiger partial charge in [0, 0.05) is 48.9 Å². The fraction of sp³-hybridized carbons (Fsp3) is 0.341. The molecule has 9 nitrogen and oxygen atoms in total. The average molecular weight is 715 g/mol. The first-order valence-corrected chi connectivity index (χ1v) is 17.5. The molecule has 4 aromatic rings. The van der Waals surface area contributed by atoms with Crippen molar-refractivity contribution in [1.82, 2.24) is 15.5 Å². The third-order valence-corrected chi connectivity index (χ3v) is 8.39. The summed E-state index contributed by atoms with van der Waals surface area (Å²) < 4.78 is 33.7. The van der Waals surface area contributed by atoms with Gasteiger partial charge in [0.15, 0.2) is 0 Å². The number of nitrogens with one attached hydrogen (secondary N) is 2. The molecule has 0 radical (unpaired) electrons. The number of nitrogens with zero attached hydrogens (tertiary/aromatic N) is 2. The summed E-state index contributed by atoms with van der Waals surface area (Å²) in [6.45, 7) is 7.49. The van der Waals surface area contributed by atoms with E-state index in [1.54, 1.807) is 31.1 Å². The maximum Gasteiger partial charge on any atom is 0.253 e. The second-order valence-electron chi connectivity index (χ2n) is 12.6. The summed E-state index contributed by atoms with van der Waals surface area (Å²) in [7, 11) is 1.58. The molecular formula is C41H48F2N4O5. The van der Waals surface area contributed by atoms with Crippen molar-refractivity contribution in [2.45, 2.75) is 65.3 Å². The van der Waals surface area contributed by atoms with Crippen molar-refractivity contribution in [3.05, 3.63) is 136 Å². The Morgan fingerprint density at radius 1 is 0.827 bits per heavy atom. The summed E-state index contributed by atoms with van der Waals surface area (Å²) in [6.07, 6.45) is 0.296. The van der Waals surface area contributed by atoms with E-state index in [0.717, 1.165) is 30.0 Å². The minimum Gasteiger partial charge on any atom is -0.497 e. The Kier molecular flexibility index (Phi) is 15.3. The topological polar surface area (TPSA) is 112 Å². The number of ether oxygens (including phenoxy) is 1. The van der Waals surface area contributed by atoms with E-state index in [-0.39, 0.29) is 36.6 Å². The number of hydrogen-bond donors (Lipinski definition) is 3. The van der Waals surface area contributed by atoms with Crippen molar-refractivity contribution in [3.63, 3.8) is 0 Å². The van der Waals surface area contributed by atoms with Gasteiger partial charge in [-0.25, -0.2) is 8.78 Å². The molecule has 4 rings (SSSR count). The lowest BCUT2D eigenvalue weighted by Crippen LogP contribution is -2.48. The van der Waals surface area contributed by atoms with Crippen LogP contribution in [0.15, 0.2) is 96.2 Å². The van der Waals surface area contributed by atoms with Crippen molar-refractivity contribution < 1.29 is 33.1 Å². The highest BCUT2D eigenvalue weighted by Gasteiger charge is 2.25. The number of halogens is 2. The van der Waals surface area contributed by atoms with Gasteiger partial charge >= 0.3 is 0 Å². The van der Waals surface area contributed by atoms with Crippen molar-refractivity contribution in [2.75, 3.05) is 26.7 Å². The molecule has 2 amide bonds. The van der Waals surface area contributed by atoms with E-state index < -0.39 is 29.7 Å². The van der Waals surface area contributed by atoms with Crippen molar-refractivity contribution in [3.8, 4) is 5.75 Å². The number of hydrogen-bond acceptors (Lipinski definition) is 7. The molecule has 0 fully saturated rings. The summed E-state index contributed by atoms with van der Waals surface area (Å²) in [5, 5.41) is 21.7. The number of methoxy groups -OCH3 is 1. The predicted octanol–water partition coefficient (Wildman–Crippen LogP) is 6.67. The van der Waals surface area contributed by atoms with Gasteiger partial charge in [0.05, 0.1) is 25.0 Å². The third-order valence-electron chi connectivity index (χ3n) is 8.39. The first kappa shape index (κ1) is 39.7. The summed E-state index contributed by atoms with van der Waals surface area (Å²) in [4.78, 5) is 35.2. The Morgan fingerprint density at radius 2 is 1.48 bits per heavy atom. The van der Waals surface area contributed by atoms with Crippen LogP contribution in [0.25, 0.3) is 0 Å². The molecule has 0 aromatic heterocycles. The molecule has 52 heavy (non-hydrogen) atoms. The number of rotatable bonds is 19. The van der Waals surface area contributed by atoms with Gasteiger partial charge in [-0.05, 0) is 85.3 Å². The zero-order chi connectivity index (χ0) is 37.5. The van der Waals surface area contributed by atoms with Crippen molar-refractivity contribution >= 4 is 17.5 Å². The van der Waals surface area contributed by atoms with Crippen LogP contribution in [0.3, 0.4) is 0 Å². The lowest BCUT2D eigenvalue weighted by Gasteiger charge is -2.26. The van der Waals surface area contributed by atoms with E-state index in [2.05, 4.69) is 15.8 Å². The van der Waals surface area contributed by atoms with Crippen LogP contribution in [0.4, 0.5) is 8.78 Å². The molecule has 0 aliphatic heterocycles. The number of benzene rings is 4. The number of aliphatic hydroxyl groups is 1. The number of oxime groups is 1. The van der Waals surface area contributed by atoms with Crippen molar-refractivity contribution in [1.29, 1.82) is 0 Å². The largest absolute Gasteiger partial charge is 0.497 e. The van der Waals surface area contributed by atoms with Gasteiger partial charge in [0.1, 0.15) is 24.0 Å². The van der Waals surface area contributed by atoms with E-state index in [9.17, 15) is 23.5 Å². The van der Waals surface area contributed by atoms with Gasteiger partial charge in [-0.15, -0.1) is 0 Å². The first-order valence-electron chi connectivity index (χ1n) is 17.5. The Labute approximate surface area is 304 Å². The Bertz CT molecular complexity index is 1780. The van der Waals surface area contributed by atoms with E-state index in [1.807, 2.05) is 68.4 Å². The smallest absolute Gasteiger partial charge is 0.253 e. The summed E-state index contributed by atoms with van der Waals surface area (Å²) >= 11 is 0. The second-order valence-corrected chi connectivity index (χ2v) is 12.6. The number of carbonyl (C=O) groups excluding carboxylic acids is 2. The van der Waals surface area contributed by atoms with E-state index >= 15 is 0 Å². The molecule has 11 heteroatoms. The minimum atomic E-state index is -1.16. The monoisotopic (exact) mass is 714 g/mol. The lowest BCUT2D eigenvalue weighted by atomic mass is 9.98. The number of amides is 2. The van der Waals surface area contributed by atoms with Gasteiger partial charge in [0.25, 0.3) is 11.8 Å². The van der Waals surface area contributed by atoms with Crippen LogP contribution in [-0.4, -0.2) is 66.4 Å². The molecular weight excluding hydrogens is 666 g/mol. The summed E-state index contributed by atoms with van der Waals surface area (Å²) in [6, 6.07) is 23.9. The highest BCUT2D eigenvalue weighted by Crippen LogP contribution is 2.18. The van der Waals surface area contributed by atoms with E-state index in [1.165, 1.54) is 18.2 Å². The molecule has 0 aliphatic carbocycles. The molecule has 3 N–H and O–H groups in total. The van der Waals surface area contributed by atoms with Gasteiger partial charge < -0.3 is 30.2 Å². The molecule has 0 heterocycles. The van der Waals surface area contributed by atoms with Crippen molar-refractivity contribution in [2.24, 2.45) is 5.16 Å². The molecule has 0 saturated carbocycles. The highest BCUT2D eigenvalue weighted by molar-refractivity contribution is 6.06. The Hall–Kier alpha value is -5.13. The van der Waals surface area contributed by atoms with E-state index in [0.29, 0.717) is 42.2 Å². The maximum atomic E-state index is 14.2. The minimum absolute atomic E-state index is 0.0528. The summed E-state index contributed by atoms with van der Waals surface area (Å²) in [5.74, 6) is -1.66. The van der Waals surface area contributed by atoms with Gasteiger partial charge in [-0.1, -0.05) is 61.5 Å². The molecule has 276 valence electrons.